The summed E-state index contributed by atoms with van der Waals surface area (Å²) < 4.78 is 17.3. The van der Waals surface area contributed by atoms with Crippen LogP contribution in [0.2, 0.25) is 5.02 Å². The fraction of sp³-hybridized carbons (Fsp3) is 0.300. The molecule has 0 fully saturated rings. The van der Waals surface area contributed by atoms with E-state index < -0.39 is 5.82 Å². The molecule has 0 saturated carbocycles. The Hall–Kier alpha value is -0.740. The first kappa shape index (κ1) is 12.3. The lowest BCUT2D eigenvalue weighted by Crippen LogP contribution is -2.14. The van der Waals surface area contributed by atoms with E-state index in [1.165, 1.54) is 31.0 Å². The predicted molar refractivity (Wildman–Crippen MR) is 58.7 cm³/mol. The lowest BCUT2D eigenvalue weighted by atomic mass is 10.3. The molecule has 1 aromatic carbocycles. The van der Waals surface area contributed by atoms with Gasteiger partial charge in [0.1, 0.15) is 11.1 Å². The Morgan fingerprint density at radius 2 is 2.27 bits per heavy atom. The molecule has 0 N–H and O–H groups in total. The molecule has 0 bridgehead atoms. The number of esters is 1. The quantitative estimate of drug-likeness (QED) is 0.607. The number of ether oxygens (including phenoxy) is 1. The minimum atomic E-state index is -0.393. The van der Waals surface area contributed by atoms with E-state index in [1.54, 1.807) is 13.0 Å². The zero-order valence-corrected chi connectivity index (χ0v) is 9.86. The summed E-state index contributed by atoms with van der Waals surface area (Å²) in [6.45, 7) is 1.70. The first-order valence-electron chi connectivity index (χ1n) is 4.24. The van der Waals surface area contributed by atoms with Gasteiger partial charge in [0.05, 0.1) is 12.1 Å². The van der Waals surface area contributed by atoms with Gasteiger partial charge in [0.2, 0.25) is 0 Å². The Morgan fingerprint density at radius 3 is 2.80 bits per heavy atom. The van der Waals surface area contributed by atoms with Crippen LogP contribution in [0, 0.1) is 5.82 Å². The number of carbonyl (C=O) groups excluding carboxylic acids is 1. The number of benzene rings is 1. The highest BCUT2D eigenvalue weighted by molar-refractivity contribution is 8.00. The molecule has 2 nitrogen and oxygen atoms in total. The van der Waals surface area contributed by atoms with Gasteiger partial charge >= 0.3 is 5.97 Å². The van der Waals surface area contributed by atoms with E-state index in [4.69, 9.17) is 11.6 Å². The fourth-order valence-corrected chi connectivity index (χ4v) is 2.17. The molecule has 0 amide bonds. The van der Waals surface area contributed by atoms with Crippen LogP contribution in [-0.2, 0) is 9.53 Å². The van der Waals surface area contributed by atoms with E-state index >= 15 is 0 Å². The smallest absolute Gasteiger partial charge is 0.318 e. The number of halogens is 2. The molecule has 82 valence electrons. The fourth-order valence-electron chi connectivity index (χ4n) is 0.975. The van der Waals surface area contributed by atoms with Gasteiger partial charge in [-0.2, -0.15) is 0 Å². The van der Waals surface area contributed by atoms with Crippen LogP contribution in [0.25, 0.3) is 0 Å². The molecule has 1 rings (SSSR count). The van der Waals surface area contributed by atoms with Gasteiger partial charge < -0.3 is 4.74 Å². The molecule has 15 heavy (non-hydrogen) atoms. The first-order chi connectivity index (χ1) is 7.04. The van der Waals surface area contributed by atoms with Crippen molar-refractivity contribution in [3.8, 4) is 0 Å². The van der Waals surface area contributed by atoms with Gasteiger partial charge in [-0.3, -0.25) is 4.79 Å². The van der Waals surface area contributed by atoms with E-state index in [-0.39, 0.29) is 11.2 Å². The van der Waals surface area contributed by atoms with Gasteiger partial charge in [-0.15, -0.1) is 11.8 Å². The maximum atomic E-state index is 12.7. The third kappa shape index (κ3) is 3.39. The van der Waals surface area contributed by atoms with E-state index in [0.29, 0.717) is 9.92 Å². The van der Waals surface area contributed by atoms with Crippen molar-refractivity contribution in [2.24, 2.45) is 0 Å². The zero-order chi connectivity index (χ0) is 11.4. The minimum absolute atomic E-state index is 0.302. The molecular formula is C10H10ClFO2S. The van der Waals surface area contributed by atoms with Crippen molar-refractivity contribution in [1.29, 1.82) is 0 Å². The molecule has 0 aliphatic rings. The summed E-state index contributed by atoms with van der Waals surface area (Å²) >= 11 is 7.05. The monoisotopic (exact) mass is 248 g/mol. The van der Waals surface area contributed by atoms with Gasteiger partial charge in [-0.25, -0.2) is 4.39 Å². The molecule has 1 unspecified atom stereocenters. The highest BCUT2D eigenvalue weighted by atomic mass is 35.5. The molecular weight excluding hydrogens is 239 g/mol. The third-order valence-corrected chi connectivity index (χ3v) is 3.31. The van der Waals surface area contributed by atoms with Crippen LogP contribution in [0.1, 0.15) is 6.92 Å². The SMILES string of the molecule is COC(=O)C(C)Sc1ccc(F)cc1Cl. The highest BCUT2D eigenvalue weighted by Crippen LogP contribution is 2.31. The van der Waals surface area contributed by atoms with Crippen LogP contribution >= 0.6 is 23.4 Å². The van der Waals surface area contributed by atoms with Crippen molar-refractivity contribution in [2.45, 2.75) is 17.1 Å². The first-order valence-corrected chi connectivity index (χ1v) is 5.50. The van der Waals surface area contributed by atoms with Gasteiger partial charge in [0, 0.05) is 4.90 Å². The van der Waals surface area contributed by atoms with Crippen molar-refractivity contribution in [3.05, 3.63) is 29.0 Å². The Balaban J connectivity index is 2.76. The summed E-state index contributed by atoms with van der Waals surface area (Å²) in [6, 6.07) is 4.06. The second kappa shape index (κ2) is 5.37. The third-order valence-electron chi connectivity index (χ3n) is 1.73. The van der Waals surface area contributed by atoms with Crippen LogP contribution in [0.4, 0.5) is 4.39 Å². The standard InChI is InChI=1S/C10H10ClFO2S/c1-6(10(13)14-2)15-9-4-3-7(12)5-8(9)11/h3-6H,1-2H3. The van der Waals surface area contributed by atoms with E-state index in [1.807, 2.05) is 0 Å². The van der Waals surface area contributed by atoms with Gasteiger partial charge in [0.25, 0.3) is 0 Å². The molecule has 0 radical (unpaired) electrons. The summed E-state index contributed by atoms with van der Waals surface area (Å²) in [5.74, 6) is -0.726. The van der Waals surface area contributed by atoms with Crippen molar-refractivity contribution < 1.29 is 13.9 Å². The van der Waals surface area contributed by atoms with Gasteiger partial charge in [0.15, 0.2) is 0 Å². The Kier molecular flexibility index (Phi) is 4.42. The average molecular weight is 249 g/mol. The van der Waals surface area contributed by atoms with E-state index in [9.17, 15) is 9.18 Å². The largest absolute Gasteiger partial charge is 0.468 e. The second-order valence-corrected chi connectivity index (χ2v) is 4.65. The maximum absolute atomic E-state index is 12.7. The molecule has 0 aliphatic carbocycles. The van der Waals surface area contributed by atoms with Crippen LogP contribution in [0.3, 0.4) is 0 Å². The Labute approximate surface area is 96.8 Å². The number of carbonyl (C=O) groups is 1. The molecule has 0 aliphatic heterocycles. The number of rotatable bonds is 3. The van der Waals surface area contributed by atoms with Crippen molar-refractivity contribution >= 4 is 29.3 Å². The predicted octanol–water partition coefficient (Wildman–Crippen LogP) is 3.13. The number of methoxy groups -OCH3 is 1. The molecule has 1 aromatic rings. The van der Waals surface area contributed by atoms with Crippen LogP contribution in [-0.4, -0.2) is 18.3 Å². The Morgan fingerprint density at radius 1 is 1.60 bits per heavy atom. The van der Waals surface area contributed by atoms with Gasteiger partial charge in [-0.1, -0.05) is 11.6 Å². The van der Waals surface area contributed by atoms with E-state index in [0.717, 1.165) is 0 Å². The van der Waals surface area contributed by atoms with Crippen LogP contribution in [0.5, 0.6) is 0 Å². The summed E-state index contributed by atoms with van der Waals surface area (Å²) in [5, 5.41) is -0.0614. The molecule has 0 aromatic heterocycles. The average Bonchev–Trinajstić information content (AvgIpc) is 2.20. The lowest BCUT2D eigenvalue weighted by Gasteiger charge is -2.09. The summed E-state index contributed by atoms with van der Waals surface area (Å²) in [5.41, 5.74) is 0. The van der Waals surface area contributed by atoms with E-state index in [2.05, 4.69) is 4.74 Å². The topological polar surface area (TPSA) is 26.3 Å². The molecule has 0 saturated heterocycles. The molecule has 0 heterocycles. The minimum Gasteiger partial charge on any atom is -0.468 e. The zero-order valence-electron chi connectivity index (χ0n) is 8.29. The maximum Gasteiger partial charge on any atom is 0.318 e. The van der Waals surface area contributed by atoms with Crippen molar-refractivity contribution in [3.63, 3.8) is 0 Å². The number of thioether (sulfide) groups is 1. The highest BCUT2D eigenvalue weighted by Gasteiger charge is 2.16. The van der Waals surface area contributed by atoms with Gasteiger partial charge in [-0.05, 0) is 25.1 Å². The Bertz CT molecular complexity index is 370. The van der Waals surface area contributed by atoms with Crippen molar-refractivity contribution in [1.82, 2.24) is 0 Å². The summed E-state index contributed by atoms with van der Waals surface area (Å²) in [6.07, 6.45) is 0. The second-order valence-electron chi connectivity index (χ2n) is 2.86. The molecule has 5 heteroatoms. The molecule has 1 atom stereocenters. The number of hydrogen-bond acceptors (Lipinski definition) is 3. The molecule has 0 spiro atoms. The summed E-state index contributed by atoms with van der Waals surface area (Å²) in [7, 11) is 1.33. The van der Waals surface area contributed by atoms with Crippen molar-refractivity contribution in [2.75, 3.05) is 7.11 Å². The van der Waals surface area contributed by atoms with Crippen LogP contribution in [0.15, 0.2) is 23.1 Å². The number of hydrogen-bond donors (Lipinski definition) is 0. The summed E-state index contributed by atoms with van der Waals surface area (Å²) in [4.78, 5) is 11.8. The normalized spacial score (nSPS) is 12.3. The van der Waals surface area contributed by atoms with Crippen LogP contribution < -0.4 is 0 Å². The lowest BCUT2D eigenvalue weighted by molar-refractivity contribution is -0.139.